The zero-order valence-electron chi connectivity index (χ0n) is 13.9. The highest BCUT2D eigenvalue weighted by molar-refractivity contribution is 9.10. The van der Waals surface area contributed by atoms with E-state index in [0.717, 1.165) is 25.9 Å². The van der Waals surface area contributed by atoms with Gasteiger partial charge in [-0.3, -0.25) is 0 Å². The van der Waals surface area contributed by atoms with E-state index >= 15 is 0 Å². The number of carbonyl (C=O) groups excluding carboxylic acids is 1. The number of nitrogens with zero attached hydrogens (tertiary/aromatic N) is 3. The Morgan fingerprint density at radius 3 is 2.67 bits per heavy atom. The number of hydrogen-bond acceptors (Lipinski definition) is 5. The Kier molecular flexibility index (Phi) is 5.94. The molecule has 0 unspecified atom stereocenters. The molecule has 130 valence electrons. The summed E-state index contributed by atoms with van der Waals surface area (Å²) < 4.78 is 5.79. The van der Waals surface area contributed by atoms with E-state index in [2.05, 4.69) is 37.2 Å². The minimum absolute atomic E-state index is 0.0671. The molecule has 0 spiro atoms. The van der Waals surface area contributed by atoms with Crippen molar-refractivity contribution in [1.82, 2.24) is 10.3 Å². The van der Waals surface area contributed by atoms with Crippen molar-refractivity contribution in [3.05, 3.63) is 21.3 Å². The molecule has 0 aliphatic carbocycles. The molecule has 0 radical (unpaired) electrons. The van der Waals surface area contributed by atoms with Crippen molar-refractivity contribution < 1.29 is 9.53 Å². The Bertz CT molecular complexity index is 661. The van der Waals surface area contributed by atoms with Crippen LogP contribution in [0.4, 0.5) is 10.6 Å². The second-order valence-electron chi connectivity index (χ2n) is 6.65. The molecule has 1 aromatic rings. The number of hydrogen-bond donors (Lipinski definition) is 1. The lowest BCUT2D eigenvalue weighted by molar-refractivity contribution is 0.0497. The van der Waals surface area contributed by atoms with Gasteiger partial charge in [-0.05, 0) is 55.6 Å². The fourth-order valence-corrected chi connectivity index (χ4v) is 2.94. The Hall–Kier alpha value is -1.52. The van der Waals surface area contributed by atoms with Crippen LogP contribution in [0.3, 0.4) is 0 Å². The normalized spacial score (nSPS) is 15.8. The number of nitrogens with one attached hydrogen (secondary N) is 1. The van der Waals surface area contributed by atoms with Crippen molar-refractivity contribution >= 4 is 39.4 Å². The molecule has 0 aromatic carbocycles. The van der Waals surface area contributed by atoms with Crippen LogP contribution in [0.15, 0.2) is 10.5 Å². The summed E-state index contributed by atoms with van der Waals surface area (Å²) >= 11 is 9.33. The van der Waals surface area contributed by atoms with Crippen LogP contribution in [0, 0.1) is 11.3 Å². The van der Waals surface area contributed by atoms with Crippen molar-refractivity contribution in [1.29, 1.82) is 5.26 Å². The lowest BCUT2D eigenvalue weighted by Gasteiger charge is -2.33. The molecule has 1 aliphatic rings. The first-order chi connectivity index (χ1) is 11.2. The van der Waals surface area contributed by atoms with Crippen molar-refractivity contribution in [3.8, 4) is 6.07 Å². The van der Waals surface area contributed by atoms with Crippen LogP contribution in [0.5, 0.6) is 0 Å². The van der Waals surface area contributed by atoms with E-state index in [9.17, 15) is 4.79 Å². The molecule has 2 rings (SSSR count). The van der Waals surface area contributed by atoms with Gasteiger partial charge in [0.05, 0.1) is 10.0 Å². The first-order valence-corrected chi connectivity index (χ1v) is 8.87. The number of anilines is 1. The first-order valence-electron chi connectivity index (χ1n) is 7.70. The molecule has 1 aromatic heterocycles. The predicted octanol–water partition coefficient (Wildman–Crippen LogP) is 3.86. The van der Waals surface area contributed by atoms with Crippen LogP contribution in [-0.2, 0) is 4.74 Å². The average Bonchev–Trinajstić information content (AvgIpc) is 2.48. The van der Waals surface area contributed by atoms with Crippen molar-refractivity contribution in [2.24, 2.45) is 0 Å². The molecule has 0 saturated carbocycles. The maximum Gasteiger partial charge on any atom is 0.407 e. The third-order valence-electron chi connectivity index (χ3n) is 3.56. The summed E-state index contributed by atoms with van der Waals surface area (Å²) in [4.78, 5) is 18.2. The third kappa shape index (κ3) is 4.99. The number of alkyl carbamates (subject to hydrolysis) is 1. The minimum Gasteiger partial charge on any atom is -0.444 e. The number of piperidine rings is 1. The molecule has 24 heavy (non-hydrogen) atoms. The van der Waals surface area contributed by atoms with Crippen LogP contribution in [-0.4, -0.2) is 35.8 Å². The second-order valence-corrected chi connectivity index (χ2v) is 7.80. The smallest absolute Gasteiger partial charge is 0.407 e. The van der Waals surface area contributed by atoms with E-state index in [0.29, 0.717) is 15.9 Å². The molecule has 6 nitrogen and oxygen atoms in total. The maximum atomic E-state index is 11.8. The Morgan fingerprint density at radius 2 is 2.12 bits per heavy atom. The summed E-state index contributed by atoms with van der Waals surface area (Å²) in [5.41, 5.74) is -0.0460. The summed E-state index contributed by atoms with van der Waals surface area (Å²) in [6.07, 6.45) is 1.16. The quantitative estimate of drug-likeness (QED) is 0.742. The summed E-state index contributed by atoms with van der Waals surface area (Å²) in [5.74, 6) is 0.676. The van der Waals surface area contributed by atoms with Gasteiger partial charge in [0, 0.05) is 19.1 Å². The van der Waals surface area contributed by atoms with Gasteiger partial charge in [-0.25, -0.2) is 9.78 Å². The monoisotopic (exact) mass is 414 g/mol. The van der Waals surface area contributed by atoms with E-state index in [1.54, 1.807) is 6.07 Å². The summed E-state index contributed by atoms with van der Waals surface area (Å²) in [6.45, 7) is 6.95. The number of halogens is 2. The lowest BCUT2D eigenvalue weighted by Crippen LogP contribution is -2.46. The molecule has 1 saturated heterocycles. The fourth-order valence-electron chi connectivity index (χ4n) is 2.46. The highest BCUT2D eigenvalue weighted by atomic mass is 79.9. The summed E-state index contributed by atoms with van der Waals surface area (Å²) in [5, 5.41) is 12.3. The Labute approximate surface area is 155 Å². The molecule has 1 amide bonds. The standard InChI is InChI=1S/C16H20BrClN4O2/c1-16(2,3)24-15(23)20-11-4-6-22(7-5-11)12-8-10(9-19)13(17)14(18)21-12/h8,11H,4-7H2,1-3H3,(H,20,23). The fraction of sp³-hybridized carbons (Fsp3) is 0.562. The van der Waals surface area contributed by atoms with Gasteiger partial charge in [0.15, 0.2) is 0 Å². The van der Waals surface area contributed by atoms with Crippen LogP contribution in [0.1, 0.15) is 39.2 Å². The second kappa shape index (κ2) is 7.58. The highest BCUT2D eigenvalue weighted by Gasteiger charge is 2.25. The van der Waals surface area contributed by atoms with Crippen molar-refractivity contribution in [3.63, 3.8) is 0 Å². The van der Waals surface area contributed by atoms with Gasteiger partial charge in [0.2, 0.25) is 0 Å². The molecule has 2 heterocycles. The van der Waals surface area contributed by atoms with Gasteiger partial charge < -0.3 is 15.0 Å². The Balaban J connectivity index is 1.95. The van der Waals surface area contributed by atoms with Gasteiger partial charge >= 0.3 is 6.09 Å². The SMILES string of the molecule is CC(C)(C)OC(=O)NC1CCN(c2cc(C#N)c(Br)c(Cl)n2)CC1. The summed E-state index contributed by atoms with van der Waals surface area (Å²) in [7, 11) is 0. The molecule has 0 atom stereocenters. The van der Waals surface area contributed by atoms with E-state index in [1.165, 1.54) is 0 Å². The van der Waals surface area contributed by atoms with E-state index in [1.807, 2.05) is 20.8 Å². The van der Waals surface area contributed by atoms with Gasteiger partial charge in [-0.1, -0.05) is 11.6 Å². The molecule has 1 aliphatic heterocycles. The predicted molar refractivity (Wildman–Crippen MR) is 96.3 cm³/mol. The number of aromatic nitrogens is 1. The van der Waals surface area contributed by atoms with Crippen molar-refractivity contribution in [2.75, 3.05) is 18.0 Å². The molecule has 8 heteroatoms. The van der Waals surface area contributed by atoms with Gasteiger partial charge in [0.1, 0.15) is 22.6 Å². The number of carbonyl (C=O) groups is 1. The third-order valence-corrected chi connectivity index (χ3v) is 4.87. The maximum absolute atomic E-state index is 11.8. The lowest BCUT2D eigenvalue weighted by atomic mass is 10.1. The van der Waals surface area contributed by atoms with Crippen LogP contribution >= 0.6 is 27.5 Å². The van der Waals surface area contributed by atoms with E-state index < -0.39 is 11.7 Å². The molecule has 0 bridgehead atoms. The number of ether oxygens (including phenoxy) is 1. The van der Waals surface area contributed by atoms with E-state index in [-0.39, 0.29) is 11.2 Å². The van der Waals surface area contributed by atoms with Crippen molar-refractivity contribution in [2.45, 2.75) is 45.3 Å². The number of pyridine rings is 1. The minimum atomic E-state index is -0.503. The van der Waals surface area contributed by atoms with E-state index in [4.69, 9.17) is 21.6 Å². The first kappa shape index (κ1) is 18.8. The van der Waals surface area contributed by atoms with Gasteiger partial charge in [-0.2, -0.15) is 5.26 Å². The zero-order chi connectivity index (χ0) is 17.9. The number of nitriles is 1. The molecular formula is C16H20BrClN4O2. The van der Waals surface area contributed by atoms with Gasteiger partial charge in [-0.15, -0.1) is 0 Å². The average molecular weight is 416 g/mol. The van der Waals surface area contributed by atoms with Crippen LogP contribution < -0.4 is 10.2 Å². The molecule has 1 N–H and O–H groups in total. The highest BCUT2D eigenvalue weighted by Crippen LogP contribution is 2.29. The van der Waals surface area contributed by atoms with Crippen LogP contribution in [0.2, 0.25) is 5.15 Å². The molecular weight excluding hydrogens is 396 g/mol. The van der Waals surface area contributed by atoms with Crippen LogP contribution in [0.25, 0.3) is 0 Å². The Morgan fingerprint density at radius 1 is 1.50 bits per heavy atom. The topological polar surface area (TPSA) is 78.2 Å². The zero-order valence-corrected chi connectivity index (χ0v) is 16.2. The molecule has 1 fully saturated rings. The van der Waals surface area contributed by atoms with Gasteiger partial charge in [0.25, 0.3) is 0 Å². The largest absolute Gasteiger partial charge is 0.444 e. The number of rotatable bonds is 2. The number of amides is 1. The summed E-state index contributed by atoms with van der Waals surface area (Å²) in [6, 6.07) is 3.89.